The van der Waals surface area contributed by atoms with Crippen molar-refractivity contribution in [3.05, 3.63) is 63.6 Å². The maximum Gasteiger partial charge on any atom is 0.180 e. The van der Waals surface area contributed by atoms with Crippen LogP contribution in [-0.4, -0.2) is 17.7 Å². The maximum absolute atomic E-state index is 12.2. The van der Waals surface area contributed by atoms with E-state index in [1.165, 1.54) is 0 Å². The zero-order chi connectivity index (χ0) is 17.0. The van der Waals surface area contributed by atoms with E-state index in [1.807, 2.05) is 6.92 Å². The summed E-state index contributed by atoms with van der Waals surface area (Å²) in [5.74, 6) is 0.0448. The van der Waals surface area contributed by atoms with E-state index in [4.69, 9.17) is 27.9 Å². The highest BCUT2D eigenvalue weighted by atomic mass is 35.5. The van der Waals surface area contributed by atoms with Crippen LogP contribution in [0.1, 0.15) is 29.3 Å². The highest BCUT2D eigenvalue weighted by Crippen LogP contribution is 2.23. The Kier molecular flexibility index (Phi) is 5.80. The van der Waals surface area contributed by atoms with Crippen LogP contribution < -0.4 is 4.74 Å². The highest BCUT2D eigenvalue weighted by molar-refractivity contribution is 6.31. The molecule has 2 aromatic rings. The molecule has 0 aromatic heterocycles. The molecule has 0 spiro atoms. The van der Waals surface area contributed by atoms with Gasteiger partial charge in [-0.25, -0.2) is 0 Å². The van der Waals surface area contributed by atoms with E-state index in [0.717, 1.165) is 5.56 Å². The van der Waals surface area contributed by atoms with Crippen LogP contribution in [0.2, 0.25) is 10.0 Å². The number of benzene rings is 2. The van der Waals surface area contributed by atoms with Gasteiger partial charge in [0, 0.05) is 15.6 Å². The Labute approximate surface area is 145 Å². The molecular formula is C18H16Cl2O3. The predicted octanol–water partition coefficient (Wildman–Crippen LogP) is 4.91. The van der Waals surface area contributed by atoms with E-state index in [0.29, 0.717) is 21.4 Å². The number of aryl methyl sites for hydroxylation is 1. The van der Waals surface area contributed by atoms with Gasteiger partial charge in [0.05, 0.1) is 6.42 Å². The third kappa shape index (κ3) is 4.81. The molecule has 0 aliphatic carbocycles. The van der Waals surface area contributed by atoms with Crippen LogP contribution in [0.25, 0.3) is 0 Å². The Hall–Kier alpha value is -1.84. The summed E-state index contributed by atoms with van der Waals surface area (Å²) in [6.07, 6.45) is -0.929. The van der Waals surface area contributed by atoms with Crippen molar-refractivity contribution in [2.24, 2.45) is 0 Å². The number of hydrogen-bond donors (Lipinski definition) is 0. The van der Waals surface area contributed by atoms with Crippen LogP contribution in [0.4, 0.5) is 0 Å². The summed E-state index contributed by atoms with van der Waals surface area (Å²) < 4.78 is 5.64. The Balaban J connectivity index is 1.99. The molecular weight excluding hydrogens is 335 g/mol. The summed E-state index contributed by atoms with van der Waals surface area (Å²) in [4.78, 5) is 24.3. The fourth-order valence-electron chi connectivity index (χ4n) is 2.04. The van der Waals surface area contributed by atoms with Crippen molar-refractivity contribution < 1.29 is 14.3 Å². The molecule has 0 aliphatic rings. The van der Waals surface area contributed by atoms with Crippen molar-refractivity contribution in [1.29, 1.82) is 0 Å². The minimum atomic E-state index is -0.717. The second-order valence-electron chi connectivity index (χ2n) is 5.24. The molecule has 0 heterocycles. The molecule has 120 valence electrons. The van der Waals surface area contributed by atoms with Gasteiger partial charge in [0.15, 0.2) is 17.7 Å². The molecule has 5 heteroatoms. The van der Waals surface area contributed by atoms with Gasteiger partial charge in [-0.3, -0.25) is 9.59 Å². The lowest BCUT2D eigenvalue weighted by molar-refractivity contribution is -0.124. The minimum absolute atomic E-state index is 0.213. The van der Waals surface area contributed by atoms with E-state index in [-0.39, 0.29) is 18.0 Å². The Bertz CT molecular complexity index is 724. The van der Waals surface area contributed by atoms with Gasteiger partial charge in [0.1, 0.15) is 5.75 Å². The van der Waals surface area contributed by atoms with Crippen LogP contribution in [0.5, 0.6) is 5.75 Å². The molecule has 3 nitrogen and oxygen atoms in total. The number of rotatable bonds is 6. The van der Waals surface area contributed by atoms with Gasteiger partial charge in [0.2, 0.25) is 0 Å². The summed E-state index contributed by atoms with van der Waals surface area (Å²) in [6, 6.07) is 11.6. The summed E-state index contributed by atoms with van der Waals surface area (Å²) in [5.41, 5.74) is 1.29. The van der Waals surface area contributed by atoms with Gasteiger partial charge in [-0.15, -0.1) is 0 Å². The Morgan fingerprint density at radius 1 is 1.04 bits per heavy atom. The molecule has 23 heavy (non-hydrogen) atoms. The molecule has 0 unspecified atom stereocenters. The number of carbonyl (C=O) groups excluding carboxylic acids is 2. The van der Waals surface area contributed by atoms with Crippen LogP contribution in [0.15, 0.2) is 42.5 Å². The molecule has 0 amide bonds. The second-order valence-corrected chi connectivity index (χ2v) is 6.12. The highest BCUT2D eigenvalue weighted by Gasteiger charge is 2.20. The van der Waals surface area contributed by atoms with E-state index in [9.17, 15) is 9.59 Å². The molecule has 0 saturated heterocycles. The lowest BCUT2D eigenvalue weighted by Gasteiger charge is -2.15. The summed E-state index contributed by atoms with van der Waals surface area (Å²) >= 11 is 11.7. The van der Waals surface area contributed by atoms with E-state index < -0.39 is 6.10 Å². The second kappa shape index (κ2) is 7.62. The molecule has 0 N–H and O–H groups in total. The molecule has 2 rings (SSSR count). The van der Waals surface area contributed by atoms with Crippen molar-refractivity contribution in [3.63, 3.8) is 0 Å². The van der Waals surface area contributed by atoms with Crippen LogP contribution >= 0.6 is 23.2 Å². The van der Waals surface area contributed by atoms with Gasteiger partial charge >= 0.3 is 0 Å². The smallest absolute Gasteiger partial charge is 0.180 e. The number of ether oxygens (including phenoxy) is 1. The lowest BCUT2D eigenvalue weighted by Crippen LogP contribution is -2.26. The number of halogens is 2. The number of ketones is 2. The average Bonchev–Trinajstić information content (AvgIpc) is 2.50. The van der Waals surface area contributed by atoms with Gasteiger partial charge in [-0.2, -0.15) is 0 Å². The van der Waals surface area contributed by atoms with E-state index >= 15 is 0 Å². The van der Waals surface area contributed by atoms with Crippen molar-refractivity contribution in [3.8, 4) is 5.75 Å². The van der Waals surface area contributed by atoms with Gasteiger partial charge in [0.25, 0.3) is 0 Å². The Morgan fingerprint density at radius 2 is 1.65 bits per heavy atom. The standard InChI is InChI=1S/C18H16Cl2O3/c1-11-9-15(20)7-8-18(11)23-12(2)16(21)10-17(22)13-3-5-14(19)6-4-13/h3-9,12H,10H2,1-2H3/t12-/m1/s1. The summed E-state index contributed by atoms with van der Waals surface area (Å²) in [5, 5.41) is 1.15. The zero-order valence-electron chi connectivity index (χ0n) is 12.8. The van der Waals surface area contributed by atoms with E-state index in [1.54, 1.807) is 49.4 Å². The molecule has 0 fully saturated rings. The SMILES string of the molecule is Cc1cc(Cl)ccc1O[C@H](C)C(=O)CC(=O)c1ccc(Cl)cc1. The minimum Gasteiger partial charge on any atom is -0.483 e. The van der Waals surface area contributed by atoms with Crippen molar-refractivity contribution >= 4 is 34.8 Å². The monoisotopic (exact) mass is 350 g/mol. The third-order valence-electron chi connectivity index (χ3n) is 3.40. The van der Waals surface area contributed by atoms with E-state index in [2.05, 4.69) is 0 Å². The fraction of sp³-hybridized carbons (Fsp3) is 0.222. The van der Waals surface area contributed by atoms with Crippen LogP contribution in [-0.2, 0) is 4.79 Å². The first-order chi connectivity index (χ1) is 10.9. The largest absolute Gasteiger partial charge is 0.483 e. The fourth-order valence-corrected chi connectivity index (χ4v) is 2.39. The number of hydrogen-bond acceptors (Lipinski definition) is 3. The van der Waals surface area contributed by atoms with Gasteiger partial charge < -0.3 is 4.74 Å². The summed E-state index contributed by atoms with van der Waals surface area (Å²) in [7, 11) is 0. The molecule has 0 saturated carbocycles. The van der Waals surface area contributed by atoms with Crippen molar-refractivity contribution in [2.75, 3.05) is 0 Å². The first-order valence-corrected chi connectivity index (χ1v) is 7.86. The molecule has 2 aromatic carbocycles. The maximum atomic E-state index is 12.2. The topological polar surface area (TPSA) is 43.4 Å². The average molecular weight is 351 g/mol. The molecule has 0 aliphatic heterocycles. The number of carbonyl (C=O) groups is 2. The predicted molar refractivity (Wildman–Crippen MR) is 91.7 cm³/mol. The molecule has 0 bridgehead atoms. The Morgan fingerprint density at radius 3 is 2.26 bits per heavy atom. The van der Waals surface area contributed by atoms with Crippen molar-refractivity contribution in [2.45, 2.75) is 26.4 Å². The van der Waals surface area contributed by atoms with Gasteiger partial charge in [-0.1, -0.05) is 23.2 Å². The van der Waals surface area contributed by atoms with Crippen molar-refractivity contribution in [1.82, 2.24) is 0 Å². The van der Waals surface area contributed by atoms with Gasteiger partial charge in [-0.05, 0) is 61.9 Å². The molecule has 0 radical (unpaired) electrons. The summed E-state index contributed by atoms with van der Waals surface area (Å²) in [6.45, 7) is 3.47. The first-order valence-electron chi connectivity index (χ1n) is 7.11. The lowest BCUT2D eigenvalue weighted by atomic mass is 10.0. The number of Topliss-reactive ketones (excluding diaryl/α,β-unsaturated/α-hetero) is 2. The first kappa shape index (κ1) is 17.5. The zero-order valence-corrected chi connectivity index (χ0v) is 14.3. The third-order valence-corrected chi connectivity index (χ3v) is 3.88. The van der Waals surface area contributed by atoms with Crippen LogP contribution in [0.3, 0.4) is 0 Å². The normalized spacial score (nSPS) is 11.8. The quantitative estimate of drug-likeness (QED) is 0.549. The van der Waals surface area contributed by atoms with Crippen LogP contribution in [0, 0.1) is 6.92 Å². The molecule has 1 atom stereocenters.